The molecule has 0 bridgehead atoms. The summed E-state index contributed by atoms with van der Waals surface area (Å²) in [5.41, 5.74) is -0.291. The van der Waals surface area contributed by atoms with Crippen molar-refractivity contribution >= 4 is 5.97 Å². The number of aromatic amines is 1. The SMILES string of the molecule is CC(C)(C)OC(=O)c1cn[nH]n1. The van der Waals surface area contributed by atoms with Crippen molar-refractivity contribution in [3.05, 3.63) is 11.9 Å². The quantitative estimate of drug-likeness (QED) is 0.630. The Bertz CT molecular complexity index is 261. The minimum atomic E-state index is -0.490. The predicted molar refractivity (Wildman–Crippen MR) is 41.6 cm³/mol. The lowest BCUT2D eigenvalue weighted by molar-refractivity contribution is 0.00628. The zero-order chi connectivity index (χ0) is 9.19. The topological polar surface area (TPSA) is 67.9 Å². The van der Waals surface area contributed by atoms with Crippen molar-refractivity contribution < 1.29 is 9.53 Å². The summed E-state index contributed by atoms with van der Waals surface area (Å²) in [6, 6.07) is 0. The molecule has 1 heterocycles. The van der Waals surface area contributed by atoms with Crippen LogP contribution in [0.1, 0.15) is 31.3 Å². The van der Waals surface area contributed by atoms with Gasteiger partial charge in [-0.3, -0.25) is 0 Å². The Hall–Kier alpha value is -1.39. The molecule has 12 heavy (non-hydrogen) atoms. The summed E-state index contributed by atoms with van der Waals surface area (Å²) in [6.07, 6.45) is 1.33. The highest BCUT2D eigenvalue weighted by molar-refractivity contribution is 5.86. The lowest BCUT2D eigenvalue weighted by Gasteiger charge is -2.18. The zero-order valence-corrected chi connectivity index (χ0v) is 7.29. The van der Waals surface area contributed by atoms with Crippen LogP contribution in [0.15, 0.2) is 6.20 Å². The summed E-state index contributed by atoms with van der Waals surface area (Å²) in [5, 5.41) is 9.42. The van der Waals surface area contributed by atoms with E-state index >= 15 is 0 Å². The van der Waals surface area contributed by atoms with E-state index in [1.165, 1.54) is 6.20 Å². The van der Waals surface area contributed by atoms with Crippen LogP contribution in [0.4, 0.5) is 0 Å². The number of carbonyl (C=O) groups is 1. The van der Waals surface area contributed by atoms with Crippen LogP contribution in [0.5, 0.6) is 0 Å². The molecule has 1 aromatic rings. The lowest BCUT2D eigenvalue weighted by atomic mass is 10.2. The van der Waals surface area contributed by atoms with E-state index in [9.17, 15) is 4.79 Å². The number of rotatable bonds is 1. The fourth-order valence-corrected chi connectivity index (χ4v) is 0.630. The van der Waals surface area contributed by atoms with Gasteiger partial charge in [0.1, 0.15) is 5.60 Å². The van der Waals surface area contributed by atoms with Gasteiger partial charge in [-0.25, -0.2) is 4.79 Å². The van der Waals surface area contributed by atoms with Crippen LogP contribution in [0, 0.1) is 0 Å². The van der Waals surface area contributed by atoms with E-state index in [4.69, 9.17) is 4.74 Å². The molecule has 0 saturated heterocycles. The molecule has 1 aromatic heterocycles. The molecule has 5 nitrogen and oxygen atoms in total. The second-order valence-electron chi connectivity index (χ2n) is 3.36. The second kappa shape index (κ2) is 2.92. The van der Waals surface area contributed by atoms with Crippen LogP contribution in [0.25, 0.3) is 0 Å². The maximum absolute atomic E-state index is 11.2. The standard InChI is InChI=1S/C7H11N3O2/c1-7(2,3)12-6(11)5-4-8-10-9-5/h4H,1-3H3,(H,8,9,10). The first-order chi connectivity index (χ1) is 5.49. The number of H-pyrrole nitrogens is 1. The third kappa shape index (κ3) is 2.34. The van der Waals surface area contributed by atoms with E-state index in [1.54, 1.807) is 20.8 Å². The number of hydrogen-bond donors (Lipinski definition) is 1. The Labute approximate surface area is 70.1 Å². The summed E-state index contributed by atoms with van der Waals surface area (Å²) in [7, 11) is 0. The Morgan fingerprint density at radius 2 is 2.25 bits per heavy atom. The highest BCUT2D eigenvalue weighted by Gasteiger charge is 2.19. The maximum atomic E-state index is 11.2. The van der Waals surface area contributed by atoms with Crippen LogP contribution < -0.4 is 0 Å². The van der Waals surface area contributed by atoms with Gasteiger partial charge >= 0.3 is 5.97 Å². The van der Waals surface area contributed by atoms with Crippen LogP contribution in [0.2, 0.25) is 0 Å². The number of hydrogen-bond acceptors (Lipinski definition) is 4. The van der Waals surface area contributed by atoms with Gasteiger partial charge in [0, 0.05) is 0 Å². The molecule has 0 unspecified atom stereocenters. The Morgan fingerprint density at radius 3 is 2.67 bits per heavy atom. The van der Waals surface area contributed by atoms with Crippen molar-refractivity contribution in [3.63, 3.8) is 0 Å². The Kier molecular flexibility index (Phi) is 2.12. The first kappa shape index (κ1) is 8.70. The first-order valence-electron chi connectivity index (χ1n) is 3.58. The molecule has 0 aromatic carbocycles. The summed E-state index contributed by atoms with van der Waals surface area (Å²) in [6.45, 7) is 5.39. The van der Waals surface area contributed by atoms with E-state index in [-0.39, 0.29) is 5.69 Å². The van der Waals surface area contributed by atoms with Crippen LogP contribution >= 0.6 is 0 Å². The molecule has 0 aliphatic heterocycles. The third-order valence-corrected chi connectivity index (χ3v) is 1.02. The smallest absolute Gasteiger partial charge is 0.361 e. The number of aromatic nitrogens is 3. The average molecular weight is 169 g/mol. The highest BCUT2D eigenvalue weighted by Crippen LogP contribution is 2.09. The van der Waals surface area contributed by atoms with Gasteiger partial charge in [-0.1, -0.05) is 0 Å². The van der Waals surface area contributed by atoms with Crippen molar-refractivity contribution in [2.75, 3.05) is 0 Å². The van der Waals surface area contributed by atoms with Crippen molar-refractivity contribution in [1.82, 2.24) is 15.4 Å². The fraction of sp³-hybridized carbons (Fsp3) is 0.571. The molecule has 0 saturated carbocycles. The number of nitrogens with one attached hydrogen (secondary N) is 1. The summed E-state index contributed by atoms with van der Waals surface area (Å²) in [4.78, 5) is 11.2. The van der Waals surface area contributed by atoms with Gasteiger partial charge < -0.3 is 4.74 Å². The number of nitrogens with zero attached hydrogens (tertiary/aromatic N) is 2. The summed E-state index contributed by atoms with van der Waals surface area (Å²) < 4.78 is 5.02. The van der Waals surface area contributed by atoms with Gasteiger partial charge in [0.15, 0.2) is 5.69 Å². The van der Waals surface area contributed by atoms with E-state index in [0.29, 0.717) is 0 Å². The maximum Gasteiger partial charge on any atom is 0.361 e. The molecule has 0 atom stereocenters. The molecule has 0 radical (unpaired) electrons. The van der Waals surface area contributed by atoms with Gasteiger partial charge in [-0.15, -0.1) is 5.10 Å². The van der Waals surface area contributed by atoms with E-state index in [1.807, 2.05) is 0 Å². The predicted octanol–water partition coefficient (Wildman–Crippen LogP) is 0.760. The van der Waals surface area contributed by atoms with Gasteiger partial charge in [-0.05, 0) is 20.8 Å². The molecule has 0 amide bonds. The van der Waals surface area contributed by atoms with Crippen LogP contribution in [-0.2, 0) is 4.74 Å². The van der Waals surface area contributed by atoms with Crippen molar-refractivity contribution in [2.24, 2.45) is 0 Å². The van der Waals surface area contributed by atoms with Crippen LogP contribution in [-0.4, -0.2) is 27.0 Å². The Morgan fingerprint density at radius 1 is 1.58 bits per heavy atom. The minimum Gasteiger partial charge on any atom is -0.455 e. The molecule has 0 spiro atoms. The summed E-state index contributed by atoms with van der Waals surface area (Å²) in [5.74, 6) is -0.462. The lowest BCUT2D eigenvalue weighted by Crippen LogP contribution is -2.24. The van der Waals surface area contributed by atoms with Crippen molar-refractivity contribution in [2.45, 2.75) is 26.4 Å². The largest absolute Gasteiger partial charge is 0.455 e. The minimum absolute atomic E-state index is 0.199. The molecule has 5 heteroatoms. The third-order valence-electron chi connectivity index (χ3n) is 1.02. The van der Waals surface area contributed by atoms with Gasteiger partial charge in [0.25, 0.3) is 0 Å². The van der Waals surface area contributed by atoms with Gasteiger partial charge in [-0.2, -0.15) is 10.3 Å². The molecular weight excluding hydrogens is 158 g/mol. The molecule has 0 aliphatic rings. The molecule has 0 aliphatic carbocycles. The van der Waals surface area contributed by atoms with E-state index in [0.717, 1.165) is 0 Å². The zero-order valence-electron chi connectivity index (χ0n) is 7.29. The van der Waals surface area contributed by atoms with Crippen molar-refractivity contribution in [1.29, 1.82) is 0 Å². The average Bonchev–Trinajstić information content (AvgIpc) is 2.32. The van der Waals surface area contributed by atoms with Gasteiger partial charge in [0.2, 0.25) is 0 Å². The number of ether oxygens (including phenoxy) is 1. The normalized spacial score (nSPS) is 11.2. The number of esters is 1. The Balaban J connectivity index is 2.63. The van der Waals surface area contributed by atoms with Crippen molar-refractivity contribution in [3.8, 4) is 0 Å². The molecule has 0 fully saturated rings. The van der Waals surface area contributed by atoms with Crippen LogP contribution in [0.3, 0.4) is 0 Å². The van der Waals surface area contributed by atoms with E-state index in [2.05, 4.69) is 15.4 Å². The molecule has 1 rings (SSSR count). The second-order valence-corrected chi connectivity index (χ2v) is 3.36. The molecule has 66 valence electrons. The summed E-state index contributed by atoms with van der Waals surface area (Å²) >= 11 is 0. The van der Waals surface area contributed by atoms with E-state index < -0.39 is 11.6 Å². The molecular formula is C7H11N3O2. The highest BCUT2D eigenvalue weighted by atomic mass is 16.6. The first-order valence-corrected chi connectivity index (χ1v) is 3.58. The fourth-order valence-electron chi connectivity index (χ4n) is 0.630. The van der Waals surface area contributed by atoms with Gasteiger partial charge in [0.05, 0.1) is 6.20 Å². The molecule has 1 N–H and O–H groups in total. The monoisotopic (exact) mass is 169 g/mol. The number of carbonyl (C=O) groups excluding carboxylic acids is 1.